The van der Waals surface area contributed by atoms with Crippen LogP contribution < -0.4 is 9.06 Å². The summed E-state index contributed by atoms with van der Waals surface area (Å²) in [6, 6.07) is 12.2. The number of aromatic nitrogens is 1. The number of aryl methyl sites for hydroxylation is 1. The van der Waals surface area contributed by atoms with Crippen LogP contribution in [0.5, 0.6) is 0 Å². The predicted molar refractivity (Wildman–Crippen MR) is 73.5 cm³/mol. The molecule has 0 atom stereocenters. The number of pyridine rings is 2. The molecule has 0 radical (unpaired) electrons. The average Bonchev–Trinajstić information content (AvgIpc) is 2.38. The Hall–Kier alpha value is -1.47. The van der Waals surface area contributed by atoms with E-state index >= 15 is 0 Å². The summed E-state index contributed by atoms with van der Waals surface area (Å²) in [5.74, 6) is 0. The molecule has 0 saturated carbocycles. The summed E-state index contributed by atoms with van der Waals surface area (Å²) in [5, 5.41) is 3.22. The van der Waals surface area contributed by atoms with Crippen LogP contribution in [0, 0.1) is 17.2 Å². The van der Waals surface area contributed by atoms with E-state index in [1.165, 1.54) is 21.9 Å². The van der Waals surface area contributed by atoms with E-state index in [9.17, 15) is 0 Å². The van der Waals surface area contributed by atoms with Crippen molar-refractivity contribution in [1.29, 1.82) is 0 Å². The second-order valence-corrected chi connectivity index (χ2v) is 5.72. The molecular weight excluding hydrogens is 317 g/mol. The van der Waals surface area contributed by atoms with Crippen LogP contribution in [0.2, 0.25) is 5.02 Å². The van der Waals surface area contributed by atoms with Gasteiger partial charge < -0.3 is 0 Å². The fourth-order valence-electron chi connectivity index (χ4n) is 2.14. The van der Waals surface area contributed by atoms with Gasteiger partial charge in [-0.15, -0.1) is 0 Å². The Bertz CT molecular complexity index is 781. The minimum atomic E-state index is -4.19. The predicted octanol–water partition coefficient (Wildman–Crippen LogP) is 0.680. The van der Waals surface area contributed by atoms with Crippen molar-refractivity contribution in [3.8, 4) is 0 Å². The van der Waals surface area contributed by atoms with E-state index < -0.39 is 10.2 Å². The molecule has 0 spiro atoms. The van der Waals surface area contributed by atoms with Crippen molar-refractivity contribution in [2.45, 2.75) is 6.92 Å². The minimum absolute atomic E-state index is 0.788. The number of halogens is 2. The molecule has 2 heterocycles. The Morgan fingerprint density at radius 2 is 1.81 bits per heavy atom. The molecule has 0 fully saturated rings. The fraction of sp³-hybridized carbons (Fsp3) is 0.0714. The van der Waals surface area contributed by atoms with Crippen molar-refractivity contribution in [1.82, 2.24) is 0 Å². The number of rotatable bonds is 0. The van der Waals surface area contributed by atoms with Crippen molar-refractivity contribution < 1.29 is 33.3 Å². The van der Waals surface area contributed by atoms with E-state index in [1.54, 1.807) is 0 Å². The van der Waals surface area contributed by atoms with Crippen LogP contribution in [0.15, 0.2) is 48.8 Å². The molecule has 1 aromatic carbocycles. The first-order chi connectivity index (χ1) is 9.75. The second kappa shape index (κ2) is 6.11. The van der Waals surface area contributed by atoms with E-state index in [2.05, 4.69) is 41.9 Å². The molecule has 21 heavy (non-hydrogen) atoms. The molecule has 0 amide bonds. The number of nitrogens with zero attached hydrogens (tertiary/aromatic N) is 1. The molecular formula is C14H14Cl2NO4+. The first-order valence-corrected chi connectivity index (χ1v) is 7.61. The molecule has 0 saturated heterocycles. The van der Waals surface area contributed by atoms with Crippen molar-refractivity contribution in [3.05, 3.63) is 59.4 Å². The van der Waals surface area contributed by atoms with E-state index in [0.29, 0.717) is 0 Å². The van der Waals surface area contributed by atoms with Gasteiger partial charge in [-0.25, -0.2) is 0 Å². The summed E-state index contributed by atoms with van der Waals surface area (Å²) in [5.41, 5.74) is 2.48. The fourth-order valence-corrected chi connectivity index (χ4v) is 2.31. The molecule has 3 N–H and O–H groups in total. The van der Waals surface area contributed by atoms with Crippen LogP contribution >= 0.6 is 11.6 Å². The molecule has 0 unspecified atom stereocenters. The average molecular weight is 331 g/mol. The maximum absolute atomic E-state index is 8.83. The van der Waals surface area contributed by atoms with Gasteiger partial charge in [0, 0.05) is 28.1 Å². The van der Waals surface area contributed by atoms with Crippen LogP contribution in [0.1, 0.15) is 5.56 Å². The molecule has 5 nitrogen and oxygen atoms in total. The zero-order chi connectivity index (χ0) is 15.6. The maximum atomic E-state index is 8.83. The standard InChI is InChI=1S/C14H11ClN.ClH3O4/c1-10-13-8-12(15)6-5-11(13)9-16-7-3-2-4-14(10)16;2-1(3,4)5/h2-9H,1H3;2-4H/q+1;. The molecule has 112 valence electrons. The van der Waals surface area contributed by atoms with E-state index in [4.69, 9.17) is 30.2 Å². The third-order valence-corrected chi connectivity index (χ3v) is 3.21. The van der Waals surface area contributed by atoms with Gasteiger partial charge in [-0.1, -0.05) is 11.6 Å². The second-order valence-electron chi connectivity index (χ2n) is 4.41. The molecule has 0 aliphatic carbocycles. The van der Waals surface area contributed by atoms with E-state index in [-0.39, 0.29) is 0 Å². The topological polar surface area (TPSA) is 87.9 Å². The molecule has 0 aliphatic rings. The quantitative estimate of drug-likeness (QED) is 0.418. The van der Waals surface area contributed by atoms with Gasteiger partial charge in [-0.05, 0) is 36.6 Å². The van der Waals surface area contributed by atoms with Crippen LogP contribution in [0.3, 0.4) is 0 Å². The molecule has 0 bridgehead atoms. The first-order valence-electron chi connectivity index (χ1n) is 5.91. The van der Waals surface area contributed by atoms with Crippen LogP contribution in [0.4, 0.5) is 0 Å². The third-order valence-electron chi connectivity index (χ3n) is 2.97. The van der Waals surface area contributed by atoms with Crippen LogP contribution in [0.25, 0.3) is 16.3 Å². The van der Waals surface area contributed by atoms with Crippen LogP contribution in [-0.2, 0) is 0 Å². The SMILES string of the molecule is Cc1c2cc(Cl)ccc2c[n+]2ccccc12.[O-][Cl+](O)(O)O. The number of hydrogen-bond acceptors (Lipinski definition) is 4. The normalized spacial score (nSPS) is 12.1. The molecule has 7 heteroatoms. The van der Waals surface area contributed by atoms with E-state index in [1.807, 2.05) is 18.2 Å². The summed E-state index contributed by atoms with van der Waals surface area (Å²) >= 11 is 6.04. The Morgan fingerprint density at radius 3 is 2.48 bits per heavy atom. The van der Waals surface area contributed by atoms with Crippen molar-refractivity contribution in [2.24, 2.45) is 0 Å². The van der Waals surface area contributed by atoms with Crippen LogP contribution in [-0.4, -0.2) is 14.0 Å². The summed E-state index contributed by atoms with van der Waals surface area (Å²) in [6.45, 7) is 2.13. The van der Waals surface area contributed by atoms with Gasteiger partial charge in [-0.3, -0.25) is 0 Å². The summed E-state index contributed by atoms with van der Waals surface area (Å²) in [7, 11) is -4.19. The summed E-state index contributed by atoms with van der Waals surface area (Å²) in [4.78, 5) is 0. The van der Waals surface area contributed by atoms with Gasteiger partial charge in [-0.2, -0.15) is 4.40 Å². The molecule has 0 aliphatic heterocycles. The zero-order valence-electron chi connectivity index (χ0n) is 11.1. The number of benzene rings is 1. The van der Waals surface area contributed by atoms with Crippen molar-refractivity contribution in [3.63, 3.8) is 0 Å². The van der Waals surface area contributed by atoms with Gasteiger partial charge in [0.05, 0.1) is 0 Å². The first kappa shape index (κ1) is 15.9. The monoisotopic (exact) mass is 330 g/mol. The van der Waals surface area contributed by atoms with Gasteiger partial charge in [0.15, 0.2) is 12.4 Å². The summed E-state index contributed by atoms with van der Waals surface area (Å²) < 4.78 is 32.4. The number of fused-ring (bicyclic) bond motifs is 2. The molecule has 3 rings (SSSR count). The van der Waals surface area contributed by atoms with Gasteiger partial charge in [0.2, 0.25) is 5.52 Å². The molecule has 2 aromatic heterocycles. The Morgan fingerprint density at radius 1 is 1.14 bits per heavy atom. The Kier molecular flexibility index (Phi) is 4.63. The summed E-state index contributed by atoms with van der Waals surface area (Å²) in [6.07, 6.45) is 4.20. The van der Waals surface area contributed by atoms with Crippen molar-refractivity contribution in [2.75, 3.05) is 0 Å². The van der Waals surface area contributed by atoms with E-state index in [0.717, 1.165) is 5.02 Å². The van der Waals surface area contributed by atoms with Gasteiger partial charge in [0.25, 0.3) is 0 Å². The Labute approximate surface area is 128 Å². The zero-order valence-corrected chi connectivity index (χ0v) is 12.6. The third kappa shape index (κ3) is 4.25. The van der Waals surface area contributed by atoms with Crippen molar-refractivity contribution >= 4 is 27.9 Å². The Balaban J connectivity index is 0.000000282. The van der Waals surface area contributed by atoms with Gasteiger partial charge >= 0.3 is 28.9 Å². The van der Waals surface area contributed by atoms with Gasteiger partial charge in [0.1, 0.15) is 0 Å². The number of hydrogen-bond donors (Lipinski definition) is 3. The molecule has 3 aromatic rings.